The lowest BCUT2D eigenvalue weighted by Crippen LogP contribution is -2.52. The molecule has 1 aromatic rings. The van der Waals surface area contributed by atoms with E-state index in [0.29, 0.717) is 19.6 Å². The minimum Gasteiger partial charge on any atom is -0.387 e. The van der Waals surface area contributed by atoms with Crippen LogP contribution in [0.25, 0.3) is 0 Å². The molecule has 1 fully saturated rings. The summed E-state index contributed by atoms with van der Waals surface area (Å²) in [6.07, 6.45) is 1.00. The van der Waals surface area contributed by atoms with Crippen molar-refractivity contribution in [3.05, 3.63) is 35.4 Å². The van der Waals surface area contributed by atoms with Gasteiger partial charge in [-0.1, -0.05) is 31.2 Å². The van der Waals surface area contributed by atoms with E-state index in [4.69, 9.17) is 9.73 Å². The van der Waals surface area contributed by atoms with Crippen molar-refractivity contribution in [2.75, 3.05) is 45.9 Å². The average molecular weight is 363 g/mol. The zero-order valence-corrected chi connectivity index (χ0v) is 16.4. The first-order valence-corrected chi connectivity index (χ1v) is 9.65. The minimum absolute atomic E-state index is 0.450. The van der Waals surface area contributed by atoms with Gasteiger partial charge < -0.3 is 20.5 Å². The summed E-state index contributed by atoms with van der Waals surface area (Å²) in [5.74, 6) is 0.737. The molecule has 1 aliphatic heterocycles. The van der Waals surface area contributed by atoms with Crippen LogP contribution in [-0.4, -0.2) is 67.5 Å². The first kappa shape index (κ1) is 20.7. The molecule has 2 rings (SSSR count). The summed E-state index contributed by atoms with van der Waals surface area (Å²) in [6.45, 7) is 11.8. The van der Waals surface area contributed by atoms with Crippen LogP contribution in [0.5, 0.6) is 0 Å². The van der Waals surface area contributed by atoms with Crippen LogP contribution in [0.1, 0.15) is 31.9 Å². The van der Waals surface area contributed by atoms with E-state index in [9.17, 15) is 5.11 Å². The molecule has 0 bridgehead atoms. The van der Waals surface area contributed by atoms with E-state index < -0.39 is 5.60 Å². The molecule has 1 aromatic carbocycles. The third-order valence-corrected chi connectivity index (χ3v) is 4.56. The molecule has 1 aliphatic rings. The van der Waals surface area contributed by atoms with Crippen LogP contribution in [0.2, 0.25) is 0 Å². The van der Waals surface area contributed by atoms with Gasteiger partial charge in [0, 0.05) is 32.7 Å². The summed E-state index contributed by atoms with van der Waals surface area (Å²) in [6, 6.07) is 8.40. The minimum atomic E-state index is -0.825. The van der Waals surface area contributed by atoms with Crippen LogP contribution in [0.3, 0.4) is 0 Å². The van der Waals surface area contributed by atoms with E-state index in [0.717, 1.165) is 45.2 Å². The van der Waals surface area contributed by atoms with Gasteiger partial charge in [0.15, 0.2) is 5.96 Å². The van der Waals surface area contributed by atoms with E-state index in [1.165, 1.54) is 11.1 Å². The molecule has 146 valence electrons. The molecule has 0 radical (unpaired) electrons. The normalized spacial score (nSPS) is 18.4. The molecule has 0 aliphatic carbocycles. The van der Waals surface area contributed by atoms with Crippen molar-refractivity contribution in [3.8, 4) is 0 Å². The number of aryl methyl sites for hydroxylation is 1. The van der Waals surface area contributed by atoms with Crippen molar-refractivity contribution in [2.24, 2.45) is 4.99 Å². The van der Waals surface area contributed by atoms with E-state index >= 15 is 0 Å². The van der Waals surface area contributed by atoms with Crippen LogP contribution < -0.4 is 10.6 Å². The lowest BCUT2D eigenvalue weighted by atomic mass is 10.1. The molecule has 0 saturated carbocycles. The van der Waals surface area contributed by atoms with E-state index in [2.05, 4.69) is 46.7 Å². The van der Waals surface area contributed by atoms with Crippen LogP contribution in [0.4, 0.5) is 0 Å². The summed E-state index contributed by atoms with van der Waals surface area (Å²) in [5, 5.41) is 17.3. The van der Waals surface area contributed by atoms with Crippen LogP contribution in [-0.2, 0) is 17.7 Å². The van der Waals surface area contributed by atoms with Gasteiger partial charge in [0.05, 0.1) is 25.4 Å². The number of ether oxygens (including phenoxy) is 1. The van der Waals surface area contributed by atoms with Gasteiger partial charge in [0.2, 0.25) is 0 Å². The number of morpholine rings is 1. The first-order chi connectivity index (χ1) is 12.5. The van der Waals surface area contributed by atoms with Gasteiger partial charge in [0.1, 0.15) is 0 Å². The smallest absolute Gasteiger partial charge is 0.191 e. The van der Waals surface area contributed by atoms with Gasteiger partial charge >= 0.3 is 0 Å². The molecular formula is C20H34N4O2. The van der Waals surface area contributed by atoms with Crippen molar-refractivity contribution in [2.45, 2.75) is 39.3 Å². The zero-order chi connectivity index (χ0) is 18.8. The SMILES string of the molecule is CCNC(=NCc1ccccc1CC)NCC(C)(O)CN1CCOCC1. The Morgan fingerprint density at radius 2 is 1.88 bits per heavy atom. The Kier molecular flexibility index (Phi) is 8.35. The molecule has 1 atom stereocenters. The largest absolute Gasteiger partial charge is 0.387 e. The molecule has 6 nitrogen and oxygen atoms in total. The van der Waals surface area contributed by atoms with Crippen molar-refractivity contribution >= 4 is 5.96 Å². The fourth-order valence-corrected chi connectivity index (χ4v) is 3.13. The standard InChI is InChI=1S/C20H34N4O2/c1-4-17-8-6-7-9-18(17)14-22-19(21-5-2)23-15-20(3,25)16-24-10-12-26-13-11-24/h6-9,25H,4-5,10-16H2,1-3H3,(H2,21,22,23). The lowest BCUT2D eigenvalue weighted by molar-refractivity contribution is -0.0201. The van der Waals surface area contributed by atoms with Gasteiger partial charge in [-0.05, 0) is 31.4 Å². The second-order valence-electron chi connectivity index (χ2n) is 7.06. The fraction of sp³-hybridized carbons (Fsp3) is 0.650. The van der Waals surface area contributed by atoms with E-state index in [1.807, 2.05) is 13.8 Å². The maximum absolute atomic E-state index is 10.7. The lowest BCUT2D eigenvalue weighted by Gasteiger charge is -2.34. The molecule has 26 heavy (non-hydrogen) atoms. The number of hydrogen-bond acceptors (Lipinski definition) is 4. The number of aliphatic imine (C=N–C) groups is 1. The number of nitrogens with zero attached hydrogens (tertiary/aromatic N) is 2. The maximum Gasteiger partial charge on any atom is 0.191 e. The first-order valence-electron chi connectivity index (χ1n) is 9.65. The number of β-amino-alcohol motifs (C(OH)–C–C–N with tert-alkyl or cyclic N) is 1. The van der Waals surface area contributed by atoms with Gasteiger partial charge in [-0.25, -0.2) is 4.99 Å². The Balaban J connectivity index is 1.91. The molecule has 0 spiro atoms. The number of hydrogen-bond donors (Lipinski definition) is 3. The second-order valence-corrected chi connectivity index (χ2v) is 7.06. The summed E-state index contributed by atoms with van der Waals surface area (Å²) in [7, 11) is 0. The molecule has 1 saturated heterocycles. The molecule has 3 N–H and O–H groups in total. The fourth-order valence-electron chi connectivity index (χ4n) is 3.13. The van der Waals surface area contributed by atoms with Crippen molar-refractivity contribution < 1.29 is 9.84 Å². The Morgan fingerprint density at radius 1 is 1.19 bits per heavy atom. The monoisotopic (exact) mass is 362 g/mol. The number of benzene rings is 1. The highest BCUT2D eigenvalue weighted by molar-refractivity contribution is 5.79. The highest BCUT2D eigenvalue weighted by atomic mass is 16.5. The zero-order valence-electron chi connectivity index (χ0n) is 16.4. The third-order valence-electron chi connectivity index (χ3n) is 4.56. The van der Waals surface area contributed by atoms with Crippen LogP contribution in [0, 0.1) is 0 Å². The topological polar surface area (TPSA) is 69.1 Å². The molecule has 6 heteroatoms. The summed E-state index contributed by atoms with van der Waals surface area (Å²) >= 11 is 0. The van der Waals surface area contributed by atoms with Gasteiger partial charge in [-0.2, -0.15) is 0 Å². The highest BCUT2D eigenvalue weighted by Crippen LogP contribution is 2.11. The molecule has 0 aromatic heterocycles. The van der Waals surface area contributed by atoms with Crippen molar-refractivity contribution in [1.29, 1.82) is 0 Å². The Bertz CT molecular complexity index is 569. The van der Waals surface area contributed by atoms with Gasteiger partial charge in [-0.15, -0.1) is 0 Å². The number of aliphatic hydroxyl groups is 1. The predicted octanol–water partition coefficient (Wildman–Crippen LogP) is 1.39. The average Bonchev–Trinajstić information content (AvgIpc) is 2.64. The Morgan fingerprint density at radius 3 is 2.54 bits per heavy atom. The van der Waals surface area contributed by atoms with Crippen molar-refractivity contribution in [3.63, 3.8) is 0 Å². The maximum atomic E-state index is 10.7. The molecule has 1 heterocycles. The number of nitrogens with one attached hydrogen (secondary N) is 2. The van der Waals surface area contributed by atoms with Crippen LogP contribution in [0.15, 0.2) is 29.3 Å². The van der Waals surface area contributed by atoms with Crippen molar-refractivity contribution in [1.82, 2.24) is 15.5 Å². The Labute approximate surface area is 157 Å². The van der Waals surface area contributed by atoms with Gasteiger partial charge in [-0.3, -0.25) is 4.90 Å². The van der Waals surface area contributed by atoms with Gasteiger partial charge in [0.25, 0.3) is 0 Å². The highest BCUT2D eigenvalue weighted by Gasteiger charge is 2.25. The quantitative estimate of drug-likeness (QED) is 0.482. The van der Waals surface area contributed by atoms with E-state index in [-0.39, 0.29) is 0 Å². The second kappa shape index (κ2) is 10.5. The van der Waals surface area contributed by atoms with Crippen LogP contribution >= 0.6 is 0 Å². The summed E-state index contributed by atoms with van der Waals surface area (Å²) in [4.78, 5) is 6.93. The summed E-state index contributed by atoms with van der Waals surface area (Å²) < 4.78 is 5.37. The van der Waals surface area contributed by atoms with E-state index in [1.54, 1.807) is 0 Å². The molecule has 1 unspecified atom stereocenters. The Hall–Kier alpha value is -1.63. The molecule has 0 amide bonds. The predicted molar refractivity (Wildman–Crippen MR) is 107 cm³/mol. The number of rotatable bonds is 8. The molecular weight excluding hydrogens is 328 g/mol. The summed E-state index contributed by atoms with van der Waals surface area (Å²) in [5.41, 5.74) is 1.74. The third kappa shape index (κ3) is 6.94. The number of guanidine groups is 1.